The normalized spacial score (nSPS) is 18.1. The minimum absolute atomic E-state index is 0.0327. The van der Waals surface area contributed by atoms with Gasteiger partial charge >= 0.3 is 0 Å². The highest BCUT2D eigenvalue weighted by Gasteiger charge is 2.26. The van der Waals surface area contributed by atoms with Crippen molar-refractivity contribution >= 4 is 11.8 Å². The second kappa shape index (κ2) is 8.54. The maximum Gasteiger partial charge on any atom is 0.234 e. The zero-order valence-corrected chi connectivity index (χ0v) is 13.2. The lowest BCUT2D eigenvalue weighted by molar-refractivity contribution is -0.123. The minimum atomic E-state index is -0.0725. The molecule has 2 amide bonds. The predicted molar refractivity (Wildman–Crippen MR) is 86.4 cm³/mol. The molecule has 2 N–H and O–H groups in total. The van der Waals surface area contributed by atoms with Gasteiger partial charge in [0, 0.05) is 26.1 Å². The molecule has 0 spiro atoms. The van der Waals surface area contributed by atoms with Crippen molar-refractivity contribution in [2.24, 2.45) is 0 Å². The molecule has 1 aromatic carbocycles. The Bertz CT molecular complexity index is 490. The largest absolute Gasteiger partial charge is 0.355 e. The lowest BCUT2D eigenvalue weighted by atomic mass is 10.0. The first-order valence-electron chi connectivity index (χ1n) is 7.94. The number of rotatable bonds is 7. The molecule has 5 nitrogen and oxygen atoms in total. The lowest BCUT2D eigenvalue weighted by Crippen LogP contribution is -2.42. The van der Waals surface area contributed by atoms with Crippen molar-refractivity contribution in [1.29, 1.82) is 0 Å². The number of benzene rings is 1. The molecular formula is C17H25N3O2. The molecule has 1 unspecified atom stereocenters. The Kier molecular flexibility index (Phi) is 6.40. The fourth-order valence-electron chi connectivity index (χ4n) is 2.90. The first-order valence-corrected chi connectivity index (χ1v) is 7.94. The van der Waals surface area contributed by atoms with Gasteiger partial charge in [-0.25, -0.2) is 0 Å². The molecule has 1 aliphatic heterocycles. The third-order valence-corrected chi connectivity index (χ3v) is 3.98. The van der Waals surface area contributed by atoms with Gasteiger partial charge in [-0.2, -0.15) is 0 Å². The van der Waals surface area contributed by atoms with Gasteiger partial charge in [0.05, 0.1) is 6.54 Å². The zero-order chi connectivity index (χ0) is 15.8. The van der Waals surface area contributed by atoms with Crippen LogP contribution in [0.1, 0.15) is 25.3 Å². The number of hydrogen-bond acceptors (Lipinski definition) is 3. The average Bonchev–Trinajstić information content (AvgIpc) is 2.91. The highest BCUT2D eigenvalue weighted by molar-refractivity contribution is 5.78. The number of nitrogens with zero attached hydrogens (tertiary/aromatic N) is 1. The summed E-state index contributed by atoms with van der Waals surface area (Å²) < 4.78 is 0. The van der Waals surface area contributed by atoms with E-state index in [1.807, 2.05) is 6.07 Å². The number of carbonyl (C=O) groups is 2. The SMILES string of the molecule is CC(=O)NCCNC(=O)CN1CCCC1Cc1ccccc1. The molecule has 0 aromatic heterocycles. The van der Waals surface area contributed by atoms with Crippen molar-refractivity contribution < 1.29 is 9.59 Å². The van der Waals surface area contributed by atoms with E-state index >= 15 is 0 Å². The summed E-state index contributed by atoms with van der Waals surface area (Å²) in [6.45, 7) is 3.86. The molecule has 0 bridgehead atoms. The van der Waals surface area contributed by atoms with Gasteiger partial charge in [-0.05, 0) is 31.4 Å². The maximum absolute atomic E-state index is 12.0. The third-order valence-electron chi connectivity index (χ3n) is 3.98. The molecule has 0 radical (unpaired) electrons. The van der Waals surface area contributed by atoms with Crippen LogP contribution in [0.15, 0.2) is 30.3 Å². The van der Waals surface area contributed by atoms with Gasteiger partial charge in [-0.3, -0.25) is 14.5 Å². The van der Waals surface area contributed by atoms with Gasteiger partial charge in [0.15, 0.2) is 0 Å². The second-order valence-electron chi connectivity index (χ2n) is 5.79. The van der Waals surface area contributed by atoms with Gasteiger partial charge in [-0.15, -0.1) is 0 Å². The smallest absolute Gasteiger partial charge is 0.234 e. The van der Waals surface area contributed by atoms with Crippen LogP contribution < -0.4 is 10.6 Å². The monoisotopic (exact) mass is 303 g/mol. The van der Waals surface area contributed by atoms with Crippen LogP contribution in [0.4, 0.5) is 0 Å². The van der Waals surface area contributed by atoms with E-state index in [-0.39, 0.29) is 11.8 Å². The summed E-state index contributed by atoms with van der Waals surface area (Å²) in [5.41, 5.74) is 1.32. The molecule has 0 saturated carbocycles. The summed E-state index contributed by atoms with van der Waals surface area (Å²) in [7, 11) is 0. The van der Waals surface area contributed by atoms with E-state index in [4.69, 9.17) is 0 Å². The highest BCUT2D eigenvalue weighted by Crippen LogP contribution is 2.20. The summed E-state index contributed by atoms with van der Waals surface area (Å²) in [6.07, 6.45) is 3.30. The van der Waals surface area contributed by atoms with Gasteiger partial charge in [0.2, 0.25) is 11.8 Å². The fraction of sp³-hybridized carbons (Fsp3) is 0.529. The van der Waals surface area contributed by atoms with Crippen molar-refractivity contribution in [2.45, 2.75) is 32.2 Å². The van der Waals surface area contributed by atoms with Crippen LogP contribution in [0.3, 0.4) is 0 Å². The van der Waals surface area contributed by atoms with Crippen molar-refractivity contribution in [1.82, 2.24) is 15.5 Å². The van der Waals surface area contributed by atoms with Crippen molar-refractivity contribution in [3.63, 3.8) is 0 Å². The van der Waals surface area contributed by atoms with E-state index in [1.165, 1.54) is 12.5 Å². The van der Waals surface area contributed by atoms with Crippen LogP contribution in [0.2, 0.25) is 0 Å². The van der Waals surface area contributed by atoms with Crippen LogP contribution >= 0.6 is 0 Å². The molecule has 1 atom stereocenters. The number of likely N-dealkylation sites (tertiary alicyclic amines) is 1. The summed E-state index contributed by atoms with van der Waals surface area (Å²) in [5.74, 6) is -0.0398. The predicted octanol–water partition coefficient (Wildman–Crippen LogP) is 0.946. The summed E-state index contributed by atoms with van der Waals surface area (Å²) in [6, 6.07) is 10.9. The zero-order valence-electron chi connectivity index (χ0n) is 13.2. The fourth-order valence-corrected chi connectivity index (χ4v) is 2.90. The third kappa shape index (κ3) is 5.48. The van der Waals surface area contributed by atoms with E-state index < -0.39 is 0 Å². The Morgan fingerprint density at radius 1 is 1.18 bits per heavy atom. The van der Waals surface area contributed by atoms with Crippen molar-refractivity contribution in [3.05, 3.63) is 35.9 Å². The Balaban J connectivity index is 1.73. The Morgan fingerprint density at radius 3 is 2.64 bits per heavy atom. The molecule has 1 fully saturated rings. The molecule has 22 heavy (non-hydrogen) atoms. The number of nitrogens with one attached hydrogen (secondary N) is 2. The van der Waals surface area contributed by atoms with Gasteiger partial charge < -0.3 is 10.6 Å². The van der Waals surface area contributed by atoms with E-state index in [2.05, 4.69) is 39.8 Å². The first-order chi connectivity index (χ1) is 10.6. The molecule has 1 aliphatic rings. The van der Waals surface area contributed by atoms with Gasteiger partial charge in [0.25, 0.3) is 0 Å². The standard InChI is InChI=1S/C17H25N3O2/c1-14(21)18-9-10-19-17(22)13-20-11-5-8-16(20)12-15-6-3-2-4-7-15/h2-4,6-7,16H,5,8-13H2,1H3,(H,18,21)(H,19,22). The molecular weight excluding hydrogens is 278 g/mol. The Labute approximate surface area is 132 Å². The van der Waals surface area contributed by atoms with E-state index in [1.54, 1.807) is 0 Å². The number of hydrogen-bond donors (Lipinski definition) is 2. The molecule has 1 saturated heterocycles. The topological polar surface area (TPSA) is 61.4 Å². The lowest BCUT2D eigenvalue weighted by Gasteiger charge is -2.24. The first kappa shape index (κ1) is 16.5. The summed E-state index contributed by atoms with van der Waals surface area (Å²) >= 11 is 0. The van der Waals surface area contributed by atoms with E-state index in [9.17, 15) is 9.59 Å². The number of amides is 2. The Hall–Kier alpha value is -1.88. The maximum atomic E-state index is 12.0. The van der Waals surface area contributed by atoms with Crippen LogP contribution in [0.25, 0.3) is 0 Å². The van der Waals surface area contributed by atoms with Crippen molar-refractivity contribution in [3.8, 4) is 0 Å². The quantitative estimate of drug-likeness (QED) is 0.737. The molecule has 1 heterocycles. The van der Waals surface area contributed by atoms with Gasteiger partial charge in [-0.1, -0.05) is 30.3 Å². The molecule has 120 valence electrons. The van der Waals surface area contributed by atoms with Gasteiger partial charge in [0.1, 0.15) is 0 Å². The number of carbonyl (C=O) groups excluding carboxylic acids is 2. The summed E-state index contributed by atoms with van der Waals surface area (Å²) in [5, 5.41) is 5.52. The average molecular weight is 303 g/mol. The molecule has 2 rings (SSSR count). The second-order valence-corrected chi connectivity index (χ2v) is 5.79. The highest BCUT2D eigenvalue weighted by atomic mass is 16.2. The molecule has 0 aliphatic carbocycles. The van der Waals surface area contributed by atoms with E-state index in [0.29, 0.717) is 25.7 Å². The van der Waals surface area contributed by atoms with E-state index in [0.717, 1.165) is 25.8 Å². The summed E-state index contributed by atoms with van der Waals surface area (Å²) in [4.78, 5) is 25.0. The van der Waals surface area contributed by atoms with Crippen molar-refractivity contribution in [2.75, 3.05) is 26.2 Å². The molecule has 1 aromatic rings. The minimum Gasteiger partial charge on any atom is -0.355 e. The van der Waals surface area contributed by atoms with Crippen LogP contribution in [0.5, 0.6) is 0 Å². The Morgan fingerprint density at radius 2 is 1.91 bits per heavy atom. The van der Waals surface area contributed by atoms with Crippen LogP contribution in [-0.2, 0) is 16.0 Å². The van der Waals surface area contributed by atoms with Crippen LogP contribution in [-0.4, -0.2) is 48.9 Å². The molecule has 5 heteroatoms. The van der Waals surface area contributed by atoms with Crippen LogP contribution in [0, 0.1) is 0 Å².